The van der Waals surface area contributed by atoms with Gasteiger partial charge in [0.2, 0.25) is 0 Å². The average molecular weight is 331 g/mol. The fourth-order valence-corrected chi connectivity index (χ4v) is 4.89. The molecule has 1 aromatic rings. The van der Waals surface area contributed by atoms with Gasteiger partial charge in [-0.1, -0.05) is 35.0 Å². The lowest BCUT2D eigenvalue weighted by molar-refractivity contribution is -0.117. The first kappa shape index (κ1) is 13.5. The van der Waals surface area contributed by atoms with Gasteiger partial charge in [0, 0.05) is 27.6 Å². The van der Waals surface area contributed by atoms with E-state index in [0.29, 0.717) is 17.5 Å². The summed E-state index contributed by atoms with van der Waals surface area (Å²) in [4.78, 5) is 12.2. The Morgan fingerprint density at radius 3 is 2.59 bits per heavy atom. The van der Waals surface area contributed by atoms with Crippen molar-refractivity contribution in [3.05, 3.63) is 34.3 Å². The van der Waals surface area contributed by atoms with Gasteiger partial charge in [0.1, 0.15) is 0 Å². The number of halogens is 1. The van der Waals surface area contributed by atoms with Gasteiger partial charge in [-0.05, 0) is 17.7 Å². The minimum atomic E-state index is 0.178. The summed E-state index contributed by atoms with van der Waals surface area (Å²) in [5.41, 5.74) is 1.11. The summed E-state index contributed by atoms with van der Waals surface area (Å²) < 4.78 is 1.06. The van der Waals surface area contributed by atoms with Crippen molar-refractivity contribution in [3.8, 4) is 0 Å². The van der Waals surface area contributed by atoms with Crippen molar-refractivity contribution in [3.63, 3.8) is 0 Å². The first-order chi connectivity index (χ1) is 8.16. The molecule has 0 aliphatic carbocycles. The van der Waals surface area contributed by atoms with E-state index in [4.69, 9.17) is 0 Å². The van der Waals surface area contributed by atoms with Crippen LogP contribution in [-0.4, -0.2) is 27.8 Å². The third-order valence-corrected chi connectivity index (χ3v) is 6.46. The molecule has 0 N–H and O–H groups in total. The molecule has 0 bridgehead atoms. The lowest BCUT2D eigenvalue weighted by atomic mass is 10.1. The van der Waals surface area contributed by atoms with E-state index in [1.165, 1.54) is 5.75 Å². The Morgan fingerprint density at radius 2 is 1.94 bits per heavy atom. The Balaban J connectivity index is 1.98. The minimum Gasteiger partial charge on any atom is -0.298 e. The van der Waals surface area contributed by atoms with Crippen LogP contribution < -0.4 is 0 Å². The van der Waals surface area contributed by atoms with Crippen LogP contribution in [0.1, 0.15) is 12.5 Å². The van der Waals surface area contributed by atoms with Crippen LogP contribution in [0, 0.1) is 0 Å². The SMILES string of the molecule is CC1SCCSC1C(=O)Cc1ccc(Br)cc1. The maximum absolute atomic E-state index is 12.2. The number of ketones is 1. The fraction of sp³-hybridized carbons (Fsp3) is 0.462. The van der Waals surface area contributed by atoms with Gasteiger partial charge in [0.25, 0.3) is 0 Å². The number of carbonyl (C=O) groups is 1. The number of carbonyl (C=O) groups excluding carboxylic acids is 1. The standard InChI is InChI=1S/C13H15BrOS2/c1-9-13(17-7-6-16-9)12(15)8-10-2-4-11(14)5-3-10/h2-5,9,13H,6-8H2,1H3. The van der Waals surface area contributed by atoms with Crippen molar-refractivity contribution in [2.75, 3.05) is 11.5 Å². The predicted molar refractivity (Wildman–Crippen MR) is 81.0 cm³/mol. The molecule has 1 aliphatic rings. The van der Waals surface area contributed by atoms with E-state index in [-0.39, 0.29) is 5.25 Å². The van der Waals surface area contributed by atoms with Crippen molar-refractivity contribution in [2.45, 2.75) is 23.8 Å². The molecule has 1 aromatic carbocycles. The van der Waals surface area contributed by atoms with Crippen molar-refractivity contribution >= 4 is 45.2 Å². The van der Waals surface area contributed by atoms with Gasteiger partial charge in [-0.2, -0.15) is 11.8 Å². The molecule has 92 valence electrons. The highest BCUT2D eigenvalue weighted by Crippen LogP contribution is 2.32. The van der Waals surface area contributed by atoms with Gasteiger partial charge in [-0.15, -0.1) is 11.8 Å². The van der Waals surface area contributed by atoms with Crippen LogP contribution in [-0.2, 0) is 11.2 Å². The molecule has 0 amide bonds. The number of hydrogen-bond donors (Lipinski definition) is 0. The van der Waals surface area contributed by atoms with Crippen LogP contribution in [0.2, 0.25) is 0 Å². The smallest absolute Gasteiger partial charge is 0.151 e. The molecule has 1 fully saturated rings. The largest absolute Gasteiger partial charge is 0.298 e. The normalized spacial score (nSPS) is 24.6. The first-order valence-electron chi connectivity index (χ1n) is 5.67. The molecule has 1 saturated heterocycles. The molecule has 17 heavy (non-hydrogen) atoms. The van der Waals surface area contributed by atoms with Gasteiger partial charge in [-0.3, -0.25) is 4.79 Å². The second-order valence-corrected chi connectivity index (χ2v) is 7.79. The predicted octanol–water partition coefficient (Wildman–Crippen LogP) is 3.80. The summed E-state index contributed by atoms with van der Waals surface area (Å²) in [7, 11) is 0. The fourth-order valence-electron chi connectivity index (χ4n) is 1.89. The highest BCUT2D eigenvalue weighted by Gasteiger charge is 2.28. The number of benzene rings is 1. The van der Waals surface area contributed by atoms with Crippen LogP contribution in [0.4, 0.5) is 0 Å². The Kier molecular flexibility index (Phi) is 5.00. The van der Waals surface area contributed by atoms with Gasteiger partial charge >= 0.3 is 0 Å². The molecule has 1 nitrogen and oxygen atoms in total. The highest BCUT2D eigenvalue weighted by molar-refractivity contribution is 9.10. The van der Waals surface area contributed by atoms with Crippen LogP contribution in [0.5, 0.6) is 0 Å². The molecule has 0 spiro atoms. The zero-order valence-corrected chi connectivity index (χ0v) is 12.9. The molecule has 0 radical (unpaired) electrons. The number of hydrogen-bond acceptors (Lipinski definition) is 3. The quantitative estimate of drug-likeness (QED) is 0.839. The Labute approximate surface area is 119 Å². The third-order valence-electron chi connectivity index (χ3n) is 2.80. The number of Topliss-reactive ketones (excluding diaryl/α,β-unsaturated/α-hetero) is 1. The first-order valence-corrected chi connectivity index (χ1v) is 8.56. The highest BCUT2D eigenvalue weighted by atomic mass is 79.9. The molecule has 2 rings (SSSR count). The van der Waals surface area contributed by atoms with E-state index in [0.717, 1.165) is 15.8 Å². The molecular weight excluding hydrogens is 316 g/mol. The van der Waals surface area contributed by atoms with Gasteiger partial charge in [0.05, 0.1) is 5.25 Å². The Hall–Kier alpha value is 0.0700. The molecule has 2 unspecified atom stereocenters. The van der Waals surface area contributed by atoms with E-state index in [2.05, 4.69) is 22.9 Å². The maximum atomic E-state index is 12.2. The third kappa shape index (κ3) is 3.76. The van der Waals surface area contributed by atoms with Gasteiger partial charge in [0.15, 0.2) is 5.78 Å². The zero-order chi connectivity index (χ0) is 12.3. The van der Waals surface area contributed by atoms with Crippen molar-refractivity contribution in [1.82, 2.24) is 0 Å². The van der Waals surface area contributed by atoms with E-state index in [1.807, 2.05) is 47.8 Å². The summed E-state index contributed by atoms with van der Waals surface area (Å²) in [6, 6.07) is 8.03. The van der Waals surface area contributed by atoms with Crippen molar-refractivity contribution in [1.29, 1.82) is 0 Å². The molecule has 1 heterocycles. The second kappa shape index (κ2) is 6.30. The molecule has 0 aromatic heterocycles. The lowest BCUT2D eigenvalue weighted by Gasteiger charge is -2.26. The zero-order valence-electron chi connectivity index (χ0n) is 9.69. The molecule has 2 atom stereocenters. The van der Waals surface area contributed by atoms with E-state index in [9.17, 15) is 4.79 Å². The summed E-state index contributed by atoms with van der Waals surface area (Å²) in [5, 5.41) is 0.633. The lowest BCUT2D eigenvalue weighted by Crippen LogP contribution is -2.32. The van der Waals surface area contributed by atoms with Crippen LogP contribution in [0.15, 0.2) is 28.7 Å². The van der Waals surface area contributed by atoms with Gasteiger partial charge in [-0.25, -0.2) is 0 Å². The molecule has 0 saturated carbocycles. The summed E-state index contributed by atoms with van der Waals surface area (Å²) >= 11 is 7.15. The van der Waals surface area contributed by atoms with Crippen LogP contribution in [0.25, 0.3) is 0 Å². The van der Waals surface area contributed by atoms with Crippen molar-refractivity contribution < 1.29 is 4.79 Å². The summed E-state index contributed by atoms with van der Waals surface area (Å²) in [6.07, 6.45) is 0.565. The monoisotopic (exact) mass is 330 g/mol. The van der Waals surface area contributed by atoms with Crippen LogP contribution in [0.3, 0.4) is 0 Å². The van der Waals surface area contributed by atoms with E-state index in [1.54, 1.807) is 0 Å². The topological polar surface area (TPSA) is 17.1 Å². The average Bonchev–Trinajstić information content (AvgIpc) is 2.32. The Bertz CT molecular complexity index is 391. The van der Waals surface area contributed by atoms with E-state index >= 15 is 0 Å². The van der Waals surface area contributed by atoms with Crippen molar-refractivity contribution in [2.24, 2.45) is 0 Å². The Morgan fingerprint density at radius 1 is 1.29 bits per heavy atom. The molecule has 4 heteroatoms. The number of thioether (sulfide) groups is 2. The maximum Gasteiger partial charge on any atom is 0.151 e. The molecular formula is C13H15BrOS2. The molecule has 1 aliphatic heterocycles. The summed E-state index contributed by atoms with van der Waals surface area (Å²) in [6.45, 7) is 2.17. The van der Waals surface area contributed by atoms with E-state index < -0.39 is 0 Å². The van der Waals surface area contributed by atoms with Crippen LogP contribution >= 0.6 is 39.5 Å². The summed E-state index contributed by atoms with van der Waals surface area (Å²) in [5.74, 6) is 2.65. The number of rotatable bonds is 3. The second-order valence-electron chi connectivity index (χ2n) is 4.14. The van der Waals surface area contributed by atoms with Gasteiger partial charge < -0.3 is 0 Å². The minimum absolute atomic E-state index is 0.178.